The number of carbonyl (C=O) groups excluding carboxylic acids is 1. The van der Waals surface area contributed by atoms with Crippen LogP contribution in [0.5, 0.6) is 11.5 Å². The second-order valence-corrected chi connectivity index (χ2v) is 5.87. The van der Waals surface area contributed by atoms with E-state index >= 15 is 0 Å². The van der Waals surface area contributed by atoms with E-state index in [2.05, 4.69) is 18.3 Å². The van der Waals surface area contributed by atoms with Crippen LogP contribution in [0.25, 0.3) is 0 Å². The van der Waals surface area contributed by atoms with E-state index in [1.165, 1.54) is 5.56 Å². The number of benzene rings is 2. The van der Waals surface area contributed by atoms with Gasteiger partial charge in [-0.05, 0) is 49.1 Å². The van der Waals surface area contributed by atoms with Gasteiger partial charge in [-0.1, -0.05) is 24.3 Å². The number of hydrogen-bond donors (Lipinski definition) is 1. The summed E-state index contributed by atoms with van der Waals surface area (Å²) in [6, 6.07) is 13.8. The second kappa shape index (κ2) is 8.39. The van der Waals surface area contributed by atoms with E-state index in [1.54, 1.807) is 14.2 Å². The highest BCUT2D eigenvalue weighted by Gasteiger charge is 2.12. The molecule has 1 amide bonds. The molecule has 0 radical (unpaired) electrons. The summed E-state index contributed by atoms with van der Waals surface area (Å²) >= 11 is 0. The highest BCUT2D eigenvalue weighted by atomic mass is 16.5. The van der Waals surface area contributed by atoms with Gasteiger partial charge in [0.2, 0.25) is 5.91 Å². The zero-order valence-electron chi connectivity index (χ0n) is 14.8. The van der Waals surface area contributed by atoms with Crippen LogP contribution in [0, 0.1) is 6.92 Å². The van der Waals surface area contributed by atoms with Gasteiger partial charge in [-0.15, -0.1) is 0 Å². The lowest BCUT2D eigenvalue weighted by Crippen LogP contribution is -2.27. The molecule has 0 saturated carbocycles. The van der Waals surface area contributed by atoms with E-state index in [0.29, 0.717) is 12.8 Å². The highest BCUT2D eigenvalue weighted by molar-refractivity contribution is 5.76. The Kier molecular flexibility index (Phi) is 6.24. The Labute approximate surface area is 143 Å². The molecule has 0 fully saturated rings. The number of carbonyl (C=O) groups is 1. The SMILES string of the molecule is COc1cc(CCC(=O)NC(C)c2ccccc2C)cc(OC)c1. The van der Waals surface area contributed by atoms with E-state index in [0.717, 1.165) is 22.6 Å². The Morgan fingerprint density at radius 1 is 1.08 bits per heavy atom. The number of methoxy groups -OCH3 is 2. The van der Waals surface area contributed by atoms with Gasteiger partial charge in [0.05, 0.1) is 20.3 Å². The lowest BCUT2D eigenvalue weighted by Gasteiger charge is -2.16. The van der Waals surface area contributed by atoms with Crippen LogP contribution in [0.1, 0.15) is 36.1 Å². The number of nitrogens with one attached hydrogen (secondary N) is 1. The van der Waals surface area contributed by atoms with Crippen molar-refractivity contribution in [2.24, 2.45) is 0 Å². The summed E-state index contributed by atoms with van der Waals surface area (Å²) in [6.07, 6.45) is 1.06. The van der Waals surface area contributed by atoms with Crippen molar-refractivity contribution in [1.29, 1.82) is 0 Å². The quantitative estimate of drug-likeness (QED) is 0.841. The Morgan fingerprint density at radius 3 is 2.29 bits per heavy atom. The predicted octanol–water partition coefficient (Wildman–Crippen LogP) is 3.82. The molecule has 0 aliphatic rings. The van der Waals surface area contributed by atoms with E-state index in [-0.39, 0.29) is 11.9 Å². The molecular formula is C20H25NO3. The smallest absolute Gasteiger partial charge is 0.220 e. The third-order valence-corrected chi connectivity index (χ3v) is 4.08. The maximum Gasteiger partial charge on any atom is 0.220 e. The molecular weight excluding hydrogens is 302 g/mol. The van der Waals surface area contributed by atoms with Gasteiger partial charge in [-0.25, -0.2) is 0 Å². The minimum Gasteiger partial charge on any atom is -0.497 e. The monoisotopic (exact) mass is 327 g/mol. The van der Waals surface area contributed by atoms with Crippen LogP contribution in [-0.4, -0.2) is 20.1 Å². The topological polar surface area (TPSA) is 47.6 Å². The van der Waals surface area contributed by atoms with Crippen molar-refractivity contribution in [3.05, 3.63) is 59.2 Å². The molecule has 0 saturated heterocycles. The summed E-state index contributed by atoms with van der Waals surface area (Å²) in [5.41, 5.74) is 3.35. The third kappa shape index (κ3) is 4.75. The molecule has 2 rings (SSSR count). The Bertz CT molecular complexity index is 675. The van der Waals surface area contributed by atoms with Crippen LogP contribution in [0.2, 0.25) is 0 Å². The molecule has 128 valence electrons. The number of hydrogen-bond acceptors (Lipinski definition) is 3. The first kappa shape index (κ1) is 17.9. The molecule has 0 aromatic heterocycles. The van der Waals surface area contributed by atoms with Gasteiger partial charge in [0.15, 0.2) is 0 Å². The van der Waals surface area contributed by atoms with Crippen LogP contribution in [0.3, 0.4) is 0 Å². The first-order chi connectivity index (χ1) is 11.5. The Balaban J connectivity index is 1.95. The molecule has 0 bridgehead atoms. The summed E-state index contributed by atoms with van der Waals surface area (Å²) in [4.78, 5) is 12.2. The molecule has 0 heterocycles. The molecule has 2 aromatic carbocycles. The standard InChI is InChI=1S/C20H25NO3/c1-14-7-5-6-8-19(14)15(2)21-20(22)10-9-16-11-17(23-3)13-18(12-16)24-4/h5-8,11-13,15H,9-10H2,1-4H3,(H,21,22). The summed E-state index contributed by atoms with van der Waals surface area (Å²) in [5, 5.41) is 3.06. The van der Waals surface area contributed by atoms with Gasteiger partial charge in [0.25, 0.3) is 0 Å². The first-order valence-electron chi connectivity index (χ1n) is 8.10. The van der Waals surface area contributed by atoms with Crippen LogP contribution in [0.4, 0.5) is 0 Å². The van der Waals surface area contributed by atoms with Crippen molar-refractivity contribution in [2.75, 3.05) is 14.2 Å². The molecule has 2 aromatic rings. The van der Waals surface area contributed by atoms with Gasteiger partial charge in [0, 0.05) is 12.5 Å². The number of ether oxygens (including phenoxy) is 2. The van der Waals surface area contributed by atoms with E-state index in [1.807, 2.05) is 43.3 Å². The van der Waals surface area contributed by atoms with E-state index < -0.39 is 0 Å². The van der Waals surface area contributed by atoms with Gasteiger partial charge >= 0.3 is 0 Å². The lowest BCUT2D eigenvalue weighted by atomic mass is 10.0. The fourth-order valence-electron chi connectivity index (χ4n) is 2.73. The van der Waals surface area contributed by atoms with Crippen molar-refractivity contribution >= 4 is 5.91 Å². The van der Waals surface area contributed by atoms with Crippen molar-refractivity contribution in [1.82, 2.24) is 5.32 Å². The van der Waals surface area contributed by atoms with Crippen molar-refractivity contribution < 1.29 is 14.3 Å². The molecule has 4 heteroatoms. The molecule has 1 atom stereocenters. The fraction of sp³-hybridized carbons (Fsp3) is 0.350. The number of rotatable bonds is 7. The predicted molar refractivity (Wildman–Crippen MR) is 95.6 cm³/mol. The summed E-state index contributed by atoms with van der Waals surface area (Å²) < 4.78 is 10.5. The highest BCUT2D eigenvalue weighted by Crippen LogP contribution is 2.23. The molecule has 0 aliphatic carbocycles. The van der Waals surface area contributed by atoms with Crippen molar-refractivity contribution in [3.8, 4) is 11.5 Å². The third-order valence-electron chi connectivity index (χ3n) is 4.08. The maximum absolute atomic E-state index is 12.2. The Morgan fingerprint density at radius 2 is 1.71 bits per heavy atom. The summed E-state index contributed by atoms with van der Waals surface area (Å²) in [5.74, 6) is 1.50. The largest absolute Gasteiger partial charge is 0.497 e. The normalized spacial score (nSPS) is 11.7. The average molecular weight is 327 g/mol. The van der Waals surface area contributed by atoms with Crippen molar-refractivity contribution in [2.45, 2.75) is 32.7 Å². The zero-order chi connectivity index (χ0) is 17.5. The molecule has 1 unspecified atom stereocenters. The van der Waals surface area contributed by atoms with Crippen LogP contribution in [-0.2, 0) is 11.2 Å². The van der Waals surface area contributed by atoms with Crippen LogP contribution >= 0.6 is 0 Å². The minimum atomic E-state index is -0.00135. The van der Waals surface area contributed by atoms with Crippen molar-refractivity contribution in [3.63, 3.8) is 0 Å². The maximum atomic E-state index is 12.2. The first-order valence-corrected chi connectivity index (χ1v) is 8.10. The van der Waals surface area contributed by atoms with Gasteiger partial charge in [0.1, 0.15) is 11.5 Å². The molecule has 0 aliphatic heterocycles. The van der Waals surface area contributed by atoms with Gasteiger partial charge < -0.3 is 14.8 Å². The number of amides is 1. The van der Waals surface area contributed by atoms with Crippen LogP contribution in [0.15, 0.2) is 42.5 Å². The van der Waals surface area contributed by atoms with E-state index in [4.69, 9.17) is 9.47 Å². The van der Waals surface area contributed by atoms with Crippen LogP contribution < -0.4 is 14.8 Å². The van der Waals surface area contributed by atoms with Gasteiger partial charge in [-0.3, -0.25) is 4.79 Å². The average Bonchev–Trinajstić information content (AvgIpc) is 2.59. The fourth-order valence-corrected chi connectivity index (χ4v) is 2.73. The molecule has 4 nitrogen and oxygen atoms in total. The molecule has 24 heavy (non-hydrogen) atoms. The summed E-state index contributed by atoms with van der Waals surface area (Å²) in [7, 11) is 3.24. The minimum absolute atomic E-state index is 0.00135. The molecule has 1 N–H and O–H groups in total. The van der Waals surface area contributed by atoms with Gasteiger partial charge in [-0.2, -0.15) is 0 Å². The number of aryl methyl sites for hydroxylation is 2. The van der Waals surface area contributed by atoms with E-state index in [9.17, 15) is 4.79 Å². The Hall–Kier alpha value is -2.49. The zero-order valence-corrected chi connectivity index (χ0v) is 14.8. The summed E-state index contributed by atoms with van der Waals surface area (Å²) in [6.45, 7) is 4.06. The second-order valence-electron chi connectivity index (χ2n) is 5.87. The molecule has 0 spiro atoms. The lowest BCUT2D eigenvalue weighted by molar-refractivity contribution is -0.121.